The predicted molar refractivity (Wildman–Crippen MR) is 223 cm³/mol. The molecule has 4 amide bonds. The van der Waals surface area contributed by atoms with Crippen molar-refractivity contribution in [1.29, 1.82) is 0 Å². The number of hydrogen-bond donors (Lipinski definition) is 4. The van der Waals surface area contributed by atoms with E-state index in [0.717, 1.165) is 22.4 Å². The van der Waals surface area contributed by atoms with Crippen LogP contribution in [0.3, 0.4) is 0 Å². The van der Waals surface area contributed by atoms with Gasteiger partial charge in [0.25, 0.3) is 17.7 Å². The van der Waals surface area contributed by atoms with Crippen LogP contribution in [0, 0.1) is 0 Å². The van der Waals surface area contributed by atoms with E-state index in [0.29, 0.717) is 53.5 Å². The lowest BCUT2D eigenvalue weighted by Crippen LogP contribution is -2.37. The molecule has 14 nitrogen and oxygen atoms in total. The van der Waals surface area contributed by atoms with Gasteiger partial charge in [0, 0.05) is 79.8 Å². The van der Waals surface area contributed by atoms with Crippen molar-refractivity contribution in [1.82, 2.24) is 19.4 Å². The van der Waals surface area contributed by atoms with E-state index in [1.165, 1.54) is 11.7 Å². The van der Waals surface area contributed by atoms with E-state index in [2.05, 4.69) is 38.6 Å². The van der Waals surface area contributed by atoms with Crippen molar-refractivity contribution in [2.75, 3.05) is 35.8 Å². The van der Waals surface area contributed by atoms with Gasteiger partial charge in [-0.05, 0) is 61.7 Å². The number of amides is 4. The van der Waals surface area contributed by atoms with Crippen molar-refractivity contribution >= 4 is 65.4 Å². The quantitative estimate of drug-likeness (QED) is 0.0815. The van der Waals surface area contributed by atoms with Crippen molar-refractivity contribution in [3.63, 3.8) is 0 Å². The molecule has 3 aromatic carbocycles. The van der Waals surface area contributed by atoms with Crippen molar-refractivity contribution in [3.8, 4) is 22.6 Å². The Morgan fingerprint density at radius 3 is 2.46 bits per heavy atom. The van der Waals surface area contributed by atoms with Crippen LogP contribution in [-0.2, 0) is 25.3 Å². The summed E-state index contributed by atoms with van der Waals surface area (Å²) in [5, 5.41) is 8.51. The molecule has 7 rings (SSSR count). The highest BCUT2D eigenvalue weighted by Crippen LogP contribution is 2.41. The first-order chi connectivity index (χ1) is 27.3. The van der Waals surface area contributed by atoms with Crippen LogP contribution in [0.15, 0.2) is 84.1 Å². The normalized spacial score (nSPS) is 14.3. The summed E-state index contributed by atoms with van der Waals surface area (Å²) in [5.74, 6) is 0.0822. The Kier molecular flexibility index (Phi) is 10.9. The highest BCUT2D eigenvalue weighted by Gasteiger charge is 2.36. The van der Waals surface area contributed by atoms with Crippen molar-refractivity contribution in [3.05, 3.63) is 102 Å². The van der Waals surface area contributed by atoms with Crippen LogP contribution < -0.4 is 30.3 Å². The minimum Gasteiger partial charge on any atom is -0.493 e. The molecule has 57 heavy (non-hydrogen) atoms. The van der Waals surface area contributed by atoms with Gasteiger partial charge < -0.3 is 34.6 Å². The maximum atomic E-state index is 13.7. The number of methoxy groups -OCH3 is 1. The number of benzene rings is 3. The second-order valence-corrected chi connectivity index (χ2v) is 15.9. The van der Waals surface area contributed by atoms with Crippen LogP contribution in [0.4, 0.5) is 22.9 Å². The van der Waals surface area contributed by atoms with E-state index in [4.69, 9.17) is 9.47 Å². The lowest BCUT2D eigenvalue weighted by molar-refractivity contribution is -0.116. The molecular formula is C42H44N8O6S. The van der Waals surface area contributed by atoms with Gasteiger partial charge in [0.1, 0.15) is 5.69 Å². The number of fused-ring (bicyclic) bond motifs is 4. The average molecular weight is 789 g/mol. The molecule has 0 saturated heterocycles. The molecule has 2 aliphatic heterocycles. The second kappa shape index (κ2) is 16.0. The first-order valence-electron chi connectivity index (χ1n) is 18.5. The molecule has 0 bridgehead atoms. The number of imidazole rings is 1. The van der Waals surface area contributed by atoms with Gasteiger partial charge in [-0.15, -0.1) is 0 Å². The van der Waals surface area contributed by atoms with Crippen LogP contribution in [0.1, 0.15) is 63.7 Å². The van der Waals surface area contributed by atoms with Gasteiger partial charge in [-0.25, -0.2) is 4.98 Å². The van der Waals surface area contributed by atoms with Crippen LogP contribution >= 0.6 is 12.6 Å². The zero-order chi connectivity index (χ0) is 40.4. The summed E-state index contributed by atoms with van der Waals surface area (Å²) < 4.78 is 14.6. The summed E-state index contributed by atoms with van der Waals surface area (Å²) >= 11 is 4.47. The van der Waals surface area contributed by atoms with Gasteiger partial charge in [0.05, 0.1) is 31.0 Å². The summed E-state index contributed by atoms with van der Waals surface area (Å²) in [4.78, 5) is 63.1. The summed E-state index contributed by atoms with van der Waals surface area (Å²) in [7, 11) is 4.99. The molecule has 294 valence electrons. The fourth-order valence-corrected chi connectivity index (χ4v) is 6.89. The van der Waals surface area contributed by atoms with Gasteiger partial charge in [-0.1, -0.05) is 30.3 Å². The Morgan fingerprint density at radius 1 is 0.930 bits per heavy atom. The van der Waals surface area contributed by atoms with Gasteiger partial charge in [0.2, 0.25) is 11.7 Å². The standard InChI is InChI=1S/C42H44N8O6S/c1-42(2,57)24-44-39(52)33-18-27(22-48(33)3)25-12-14-28(15-13-25)45-40(53)38-47-36(23-49(38)4)46-37(51)11-8-16-56-35-20-31-30(19-34(35)55-5)41(54)50-29(21-43-31)17-26-9-6-7-10-32(26)50/h6-7,9-10,12-15,18-23,29,57H,8,11,16-17,24H2,1-5H3,(H,44,52)(H,45,53)(H,46,51)/t29-/m0/s1. The van der Waals surface area contributed by atoms with Crippen molar-refractivity contribution in [2.24, 2.45) is 19.1 Å². The van der Waals surface area contributed by atoms with Crippen molar-refractivity contribution < 1.29 is 28.7 Å². The summed E-state index contributed by atoms with van der Waals surface area (Å²) in [5.41, 5.74) is 5.71. The third-order valence-electron chi connectivity index (χ3n) is 9.68. The minimum absolute atomic E-state index is 0.113. The lowest BCUT2D eigenvalue weighted by atomic mass is 10.1. The number of ether oxygens (including phenoxy) is 2. The third kappa shape index (κ3) is 8.58. The predicted octanol–water partition coefficient (Wildman–Crippen LogP) is 6.21. The molecule has 0 fully saturated rings. The van der Waals surface area contributed by atoms with Crippen LogP contribution in [0.25, 0.3) is 11.1 Å². The number of hydrogen-bond acceptors (Lipinski definition) is 9. The molecule has 5 aromatic rings. The third-order valence-corrected chi connectivity index (χ3v) is 9.83. The molecule has 1 atom stereocenters. The van der Waals surface area contributed by atoms with Crippen LogP contribution in [0.2, 0.25) is 0 Å². The van der Waals surface area contributed by atoms with E-state index in [1.807, 2.05) is 69.6 Å². The lowest BCUT2D eigenvalue weighted by Gasteiger charge is -2.22. The highest BCUT2D eigenvalue weighted by atomic mass is 32.1. The minimum atomic E-state index is -0.448. The molecule has 0 unspecified atom stereocenters. The van der Waals surface area contributed by atoms with Gasteiger partial charge in [-0.3, -0.25) is 29.1 Å². The summed E-state index contributed by atoms with van der Waals surface area (Å²) in [6.45, 7) is 4.49. The molecule has 4 heterocycles. The number of anilines is 3. The number of aryl methyl sites for hydroxylation is 2. The fourth-order valence-electron chi connectivity index (χ4n) is 6.81. The molecule has 0 saturated carbocycles. The van der Waals surface area contributed by atoms with Gasteiger partial charge in [-0.2, -0.15) is 12.6 Å². The summed E-state index contributed by atoms with van der Waals surface area (Å²) in [6.07, 6.45) is 6.45. The summed E-state index contributed by atoms with van der Waals surface area (Å²) in [6, 6.07) is 20.1. The van der Waals surface area contributed by atoms with Crippen LogP contribution in [0.5, 0.6) is 11.5 Å². The Hall–Kier alpha value is -6.35. The number of nitrogens with one attached hydrogen (secondary N) is 3. The Bertz CT molecular complexity index is 2390. The number of para-hydroxylation sites is 1. The first kappa shape index (κ1) is 38.9. The number of thiol groups is 1. The van der Waals surface area contributed by atoms with E-state index in [9.17, 15) is 19.2 Å². The molecule has 15 heteroatoms. The molecule has 0 radical (unpaired) electrons. The topological polar surface area (TPSA) is 161 Å². The van der Waals surface area contributed by atoms with Gasteiger partial charge >= 0.3 is 0 Å². The number of rotatable bonds is 13. The van der Waals surface area contributed by atoms with E-state index in [1.54, 1.807) is 53.2 Å². The molecule has 2 aliphatic rings. The molecule has 0 aliphatic carbocycles. The zero-order valence-corrected chi connectivity index (χ0v) is 33.2. The maximum Gasteiger partial charge on any atom is 0.291 e. The van der Waals surface area contributed by atoms with Crippen molar-refractivity contribution in [2.45, 2.75) is 43.9 Å². The first-order valence-corrected chi connectivity index (χ1v) is 18.9. The Labute approximate surface area is 335 Å². The van der Waals surface area contributed by atoms with Crippen LogP contribution in [-0.4, -0.2) is 75.0 Å². The largest absolute Gasteiger partial charge is 0.493 e. The highest BCUT2D eigenvalue weighted by molar-refractivity contribution is 7.81. The number of aromatic nitrogens is 3. The Morgan fingerprint density at radius 2 is 1.70 bits per heavy atom. The molecule has 3 N–H and O–H groups in total. The average Bonchev–Trinajstić information content (AvgIpc) is 3.85. The number of nitrogens with zero attached hydrogens (tertiary/aromatic N) is 5. The van der Waals surface area contributed by atoms with E-state index in [-0.39, 0.29) is 53.2 Å². The number of aliphatic imine (C=N–C) groups is 1. The second-order valence-electron chi connectivity index (χ2n) is 14.7. The molecule has 0 spiro atoms. The molecule has 2 aromatic heterocycles. The smallest absolute Gasteiger partial charge is 0.291 e. The number of carbonyl (C=O) groups is 4. The monoisotopic (exact) mass is 788 g/mol. The zero-order valence-electron chi connectivity index (χ0n) is 32.3. The van der Waals surface area contributed by atoms with E-state index >= 15 is 0 Å². The maximum absolute atomic E-state index is 13.7. The fraction of sp³-hybridized carbons (Fsp3) is 0.286. The van der Waals surface area contributed by atoms with E-state index < -0.39 is 5.91 Å². The Balaban J connectivity index is 0.903. The van der Waals surface area contributed by atoms with Gasteiger partial charge in [0.15, 0.2) is 17.3 Å². The SMILES string of the molecule is COc1cc2c(cc1OCCCC(=O)Nc1cn(C)c(C(=O)Nc3ccc(-c4cc(C(=O)NCC(C)(C)S)n(C)c4)cc3)n1)N=C[C@@H]1Cc3ccccc3N1C2=O. The molecular weight excluding hydrogens is 745 g/mol. The number of carbonyl (C=O) groups excluding carboxylic acids is 4.